The predicted octanol–water partition coefficient (Wildman–Crippen LogP) is 2.22. The lowest BCUT2D eigenvalue weighted by atomic mass is 10.1. The van der Waals surface area contributed by atoms with Crippen LogP contribution in [0.2, 0.25) is 0 Å². The number of benzene rings is 1. The molecule has 0 aliphatic carbocycles. The summed E-state index contributed by atoms with van der Waals surface area (Å²) in [6.07, 6.45) is -5.05. The van der Waals surface area contributed by atoms with E-state index in [2.05, 4.69) is 10.1 Å². The Morgan fingerprint density at radius 2 is 2.15 bits per heavy atom. The number of hydrogen-bond donors (Lipinski definition) is 1. The number of ether oxygens (including phenoxy) is 1. The first-order chi connectivity index (χ1) is 9.51. The van der Waals surface area contributed by atoms with Gasteiger partial charge in [-0.15, -0.1) is 0 Å². The van der Waals surface area contributed by atoms with Crippen LogP contribution in [0.4, 0.5) is 8.78 Å². The molecule has 1 aromatic heterocycles. The lowest BCUT2D eigenvalue weighted by molar-refractivity contribution is -0.00754. The van der Waals surface area contributed by atoms with E-state index in [1.165, 1.54) is 7.11 Å². The van der Waals surface area contributed by atoms with E-state index in [1.807, 2.05) is 13.0 Å². The lowest BCUT2D eigenvalue weighted by Gasteiger charge is -2.06. The number of aryl methyl sites for hydroxylation is 1. The molecule has 0 saturated carbocycles. The van der Waals surface area contributed by atoms with Crippen LogP contribution in [0.3, 0.4) is 0 Å². The van der Waals surface area contributed by atoms with Crippen molar-refractivity contribution in [1.29, 1.82) is 0 Å². The Kier molecular flexibility index (Phi) is 4.29. The molecule has 1 unspecified atom stereocenters. The van der Waals surface area contributed by atoms with Gasteiger partial charge in [0.1, 0.15) is 11.9 Å². The first kappa shape index (κ1) is 14.4. The van der Waals surface area contributed by atoms with E-state index >= 15 is 0 Å². The zero-order valence-corrected chi connectivity index (χ0v) is 11.0. The van der Waals surface area contributed by atoms with Crippen LogP contribution in [0.1, 0.15) is 11.5 Å². The van der Waals surface area contributed by atoms with Crippen LogP contribution in [-0.4, -0.2) is 34.9 Å². The number of rotatable bonds is 5. The fraction of sp³-hybridized carbons (Fsp3) is 0.385. The molecule has 1 atom stereocenters. The van der Waals surface area contributed by atoms with Gasteiger partial charge in [0.15, 0.2) is 0 Å². The lowest BCUT2D eigenvalue weighted by Crippen LogP contribution is -2.20. The maximum atomic E-state index is 12.2. The second kappa shape index (κ2) is 5.96. The fourth-order valence-corrected chi connectivity index (χ4v) is 1.70. The van der Waals surface area contributed by atoms with E-state index < -0.39 is 19.0 Å². The van der Waals surface area contributed by atoms with Crippen LogP contribution in [0.5, 0.6) is 5.75 Å². The minimum absolute atomic E-state index is 0.0459. The van der Waals surface area contributed by atoms with Gasteiger partial charge in [0.25, 0.3) is 6.43 Å². The van der Waals surface area contributed by atoms with Gasteiger partial charge in [0.2, 0.25) is 11.7 Å². The SMILES string of the molecule is COc1cc(C)ccc1-c1noc(CC(O)C(F)F)n1. The van der Waals surface area contributed by atoms with Crippen LogP contribution >= 0.6 is 0 Å². The second-order valence-corrected chi connectivity index (χ2v) is 4.32. The summed E-state index contributed by atoms with van der Waals surface area (Å²) in [5, 5.41) is 12.8. The van der Waals surface area contributed by atoms with E-state index in [1.54, 1.807) is 12.1 Å². The van der Waals surface area contributed by atoms with Gasteiger partial charge in [-0.2, -0.15) is 4.98 Å². The summed E-state index contributed by atoms with van der Waals surface area (Å²) in [4.78, 5) is 3.99. The smallest absolute Gasteiger partial charge is 0.264 e. The van der Waals surface area contributed by atoms with Crippen molar-refractivity contribution in [3.05, 3.63) is 29.7 Å². The third kappa shape index (κ3) is 3.11. The van der Waals surface area contributed by atoms with Crippen LogP contribution in [-0.2, 0) is 6.42 Å². The van der Waals surface area contributed by atoms with Gasteiger partial charge >= 0.3 is 0 Å². The quantitative estimate of drug-likeness (QED) is 0.911. The second-order valence-electron chi connectivity index (χ2n) is 4.32. The molecule has 0 saturated heterocycles. The molecule has 5 nitrogen and oxygen atoms in total. The number of halogens is 2. The molecule has 1 aromatic carbocycles. The summed E-state index contributed by atoms with van der Waals surface area (Å²) in [6, 6.07) is 5.41. The van der Waals surface area contributed by atoms with Gasteiger partial charge in [-0.25, -0.2) is 8.78 Å². The molecule has 0 fully saturated rings. The normalized spacial score (nSPS) is 12.7. The van der Waals surface area contributed by atoms with Crippen LogP contribution < -0.4 is 4.74 Å². The zero-order chi connectivity index (χ0) is 14.7. The van der Waals surface area contributed by atoms with Gasteiger partial charge in [0.05, 0.1) is 19.1 Å². The Balaban J connectivity index is 2.24. The van der Waals surface area contributed by atoms with Crippen LogP contribution in [0.15, 0.2) is 22.7 Å². The molecule has 0 aliphatic heterocycles. The highest BCUT2D eigenvalue weighted by Crippen LogP contribution is 2.28. The molecule has 1 heterocycles. The van der Waals surface area contributed by atoms with Crippen LogP contribution in [0, 0.1) is 6.92 Å². The van der Waals surface area contributed by atoms with Crippen molar-refractivity contribution in [3.8, 4) is 17.1 Å². The van der Waals surface area contributed by atoms with E-state index in [-0.39, 0.29) is 11.7 Å². The Bertz CT molecular complexity index is 587. The van der Waals surface area contributed by atoms with Gasteiger partial charge in [-0.05, 0) is 24.6 Å². The molecule has 0 aliphatic rings. The molecular formula is C13H14F2N2O3. The van der Waals surface area contributed by atoms with Gasteiger partial charge < -0.3 is 14.4 Å². The number of hydrogen-bond acceptors (Lipinski definition) is 5. The number of methoxy groups -OCH3 is 1. The number of aliphatic hydroxyl groups excluding tert-OH is 1. The van der Waals surface area contributed by atoms with E-state index in [4.69, 9.17) is 14.4 Å². The topological polar surface area (TPSA) is 68.4 Å². The van der Waals surface area contributed by atoms with E-state index in [0.717, 1.165) is 5.56 Å². The average molecular weight is 284 g/mol. The number of nitrogens with zero attached hydrogens (tertiary/aromatic N) is 2. The summed E-state index contributed by atoms with van der Waals surface area (Å²) in [5.41, 5.74) is 1.60. The summed E-state index contributed by atoms with van der Waals surface area (Å²) >= 11 is 0. The predicted molar refractivity (Wildman–Crippen MR) is 66.7 cm³/mol. The van der Waals surface area contributed by atoms with Crippen molar-refractivity contribution in [2.24, 2.45) is 0 Å². The van der Waals surface area contributed by atoms with Crippen molar-refractivity contribution >= 4 is 0 Å². The highest BCUT2D eigenvalue weighted by atomic mass is 19.3. The highest BCUT2D eigenvalue weighted by Gasteiger charge is 2.21. The highest BCUT2D eigenvalue weighted by molar-refractivity contribution is 5.64. The van der Waals surface area contributed by atoms with Gasteiger partial charge in [0, 0.05) is 0 Å². The monoisotopic (exact) mass is 284 g/mol. The fourth-order valence-electron chi connectivity index (χ4n) is 1.70. The molecule has 0 spiro atoms. The molecule has 7 heteroatoms. The summed E-state index contributed by atoms with van der Waals surface area (Å²) in [7, 11) is 1.51. The van der Waals surface area contributed by atoms with E-state index in [9.17, 15) is 8.78 Å². The van der Waals surface area contributed by atoms with Crippen molar-refractivity contribution < 1.29 is 23.1 Å². The van der Waals surface area contributed by atoms with Gasteiger partial charge in [-0.3, -0.25) is 0 Å². The summed E-state index contributed by atoms with van der Waals surface area (Å²) in [5.74, 6) is 0.750. The number of alkyl halides is 2. The Morgan fingerprint density at radius 1 is 1.40 bits per heavy atom. The van der Waals surface area contributed by atoms with Crippen molar-refractivity contribution in [1.82, 2.24) is 10.1 Å². The first-order valence-corrected chi connectivity index (χ1v) is 5.95. The van der Waals surface area contributed by atoms with Crippen molar-refractivity contribution in [2.45, 2.75) is 25.9 Å². The molecule has 0 radical (unpaired) electrons. The molecule has 1 N–H and O–H groups in total. The molecule has 0 amide bonds. The maximum absolute atomic E-state index is 12.2. The minimum Gasteiger partial charge on any atom is -0.496 e. The molecule has 0 bridgehead atoms. The Labute approximate surface area is 114 Å². The molecule has 2 aromatic rings. The minimum atomic E-state index is -2.85. The standard InChI is InChI=1S/C13H14F2N2O3/c1-7-3-4-8(10(5-7)19-2)13-16-11(20-17-13)6-9(18)12(14)15/h3-5,9,12,18H,6H2,1-2H3. The molecule has 20 heavy (non-hydrogen) atoms. The average Bonchev–Trinajstić information content (AvgIpc) is 2.86. The number of aromatic nitrogens is 2. The van der Waals surface area contributed by atoms with Crippen LogP contribution in [0.25, 0.3) is 11.4 Å². The third-order valence-corrected chi connectivity index (χ3v) is 2.74. The maximum Gasteiger partial charge on any atom is 0.264 e. The Hall–Kier alpha value is -2.02. The van der Waals surface area contributed by atoms with E-state index in [0.29, 0.717) is 11.3 Å². The summed E-state index contributed by atoms with van der Waals surface area (Å²) in [6.45, 7) is 1.91. The van der Waals surface area contributed by atoms with Crippen molar-refractivity contribution in [3.63, 3.8) is 0 Å². The third-order valence-electron chi connectivity index (χ3n) is 2.74. The molecular weight excluding hydrogens is 270 g/mol. The zero-order valence-electron chi connectivity index (χ0n) is 11.0. The molecule has 108 valence electrons. The first-order valence-electron chi connectivity index (χ1n) is 5.95. The summed E-state index contributed by atoms with van der Waals surface area (Å²) < 4.78 is 34.6. The molecule has 2 rings (SSSR count). The largest absolute Gasteiger partial charge is 0.496 e. The van der Waals surface area contributed by atoms with Crippen molar-refractivity contribution in [2.75, 3.05) is 7.11 Å². The number of aliphatic hydroxyl groups is 1. The van der Waals surface area contributed by atoms with Gasteiger partial charge in [-0.1, -0.05) is 11.2 Å². The Morgan fingerprint density at radius 3 is 2.80 bits per heavy atom.